The molecule has 0 bridgehead atoms. The summed E-state index contributed by atoms with van der Waals surface area (Å²) in [4.78, 5) is 25.5. The van der Waals surface area contributed by atoms with Crippen molar-refractivity contribution in [2.75, 3.05) is 22.1 Å². The lowest BCUT2D eigenvalue weighted by atomic mass is 9.98. The molecule has 0 saturated carbocycles. The van der Waals surface area contributed by atoms with Crippen molar-refractivity contribution >= 4 is 40.9 Å². The SMILES string of the molecule is Cc1cccc(C(C)C)c1NC(=O)CSC(C)c1nc(N)nc(Nc2ccccc2)n1. The van der Waals surface area contributed by atoms with Crippen molar-refractivity contribution in [2.24, 2.45) is 0 Å². The highest BCUT2D eigenvalue weighted by molar-refractivity contribution is 8.00. The average Bonchev–Trinajstić information content (AvgIpc) is 2.73. The van der Waals surface area contributed by atoms with Crippen LogP contribution in [0.25, 0.3) is 0 Å². The number of aromatic nitrogens is 3. The minimum Gasteiger partial charge on any atom is -0.368 e. The fourth-order valence-corrected chi connectivity index (χ4v) is 3.82. The van der Waals surface area contributed by atoms with Gasteiger partial charge in [0.05, 0.1) is 11.0 Å². The molecule has 7 nitrogen and oxygen atoms in total. The minimum atomic E-state index is -0.131. The number of carbonyl (C=O) groups excluding carboxylic acids is 1. The Morgan fingerprint density at radius 1 is 1.03 bits per heavy atom. The molecule has 1 amide bonds. The molecule has 1 unspecified atom stereocenters. The molecule has 31 heavy (non-hydrogen) atoms. The number of amides is 1. The Morgan fingerprint density at radius 2 is 1.77 bits per heavy atom. The molecule has 1 atom stereocenters. The summed E-state index contributed by atoms with van der Waals surface area (Å²) in [5.41, 5.74) is 9.82. The monoisotopic (exact) mass is 436 g/mol. The van der Waals surface area contributed by atoms with Crippen LogP contribution in [0.1, 0.15) is 48.9 Å². The molecular formula is C23H28N6OS. The summed E-state index contributed by atoms with van der Waals surface area (Å²) in [5, 5.41) is 6.07. The van der Waals surface area contributed by atoms with Gasteiger partial charge in [-0.05, 0) is 43.0 Å². The Balaban J connectivity index is 1.64. The summed E-state index contributed by atoms with van der Waals surface area (Å²) in [6, 6.07) is 15.7. The van der Waals surface area contributed by atoms with Gasteiger partial charge >= 0.3 is 0 Å². The molecule has 2 aromatic carbocycles. The Bertz CT molecular complexity index is 1040. The number of aryl methyl sites for hydroxylation is 1. The van der Waals surface area contributed by atoms with E-state index in [-0.39, 0.29) is 22.9 Å². The van der Waals surface area contributed by atoms with E-state index in [1.807, 2.05) is 56.3 Å². The fraction of sp³-hybridized carbons (Fsp3) is 0.304. The van der Waals surface area contributed by atoms with Crippen molar-refractivity contribution in [1.82, 2.24) is 15.0 Å². The fourth-order valence-electron chi connectivity index (χ4n) is 3.09. The molecule has 0 spiro atoms. The second kappa shape index (κ2) is 10.3. The van der Waals surface area contributed by atoms with E-state index in [2.05, 4.69) is 45.5 Å². The quantitative estimate of drug-likeness (QED) is 0.453. The zero-order chi connectivity index (χ0) is 22.4. The molecule has 3 rings (SSSR count). The van der Waals surface area contributed by atoms with E-state index in [0.717, 1.165) is 22.5 Å². The van der Waals surface area contributed by atoms with Crippen molar-refractivity contribution < 1.29 is 4.79 Å². The van der Waals surface area contributed by atoms with E-state index in [9.17, 15) is 4.79 Å². The normalized spacial score (nSPS) is 11.9. The van der Waals surface area contributed by atoms with E-state index in [4.69, 9.17) is 5.73 Å². The van der Waals surface area contributed by atoms with E-state index < -0.39 is 0 Å². The molecule has 8 heteroatoms. The Hall–Kier alpha value is -3.13. The van der Waals surface area contributed by atoms with E-state index in [0.29, 0.717) is 17.7 Å². The van der Waals surface area contributed by atoms with Crippen molar-refractivity contribution in [3.05, 3.63) is 65.5 Å². The Morgan fingerprint density at radius 3 is 2.48 bits per heavy atom. The molecule has 1 heterocycles. The average molecular weight is 437 g/mol. The number of hydrogen-bond acceptors (Lipinski definition) is 7. The number of nitrogens with one attached hydrogen (secondary N) is 2. The van der Waals surface area contributed by atoms with Crippen LogP contribution in [0.4, 0.5) is 23.3 Å². The summed E-state index contributed by atoms with van der Waals surface area (Å²) in [5.74, 6) is 1.60. The third-order valence-electron chi connectivity index (χ3n) is 4.72. The van der Waals surface area contributed by atoms with Crippen molar-refractivity contribution in [3.63, 3.8) is 0 Å². The van der Waals surface area contributed by atoms with Gasteiger partial charge in [-0.1, -0.05) is 50.2 Å². The number of anilines is 4. The molecular weight excluding hydrogens is 408 g/mol. The predicted molar refractivity (Wildman–Crippen MR) is 129 cm³/mol. The van der Waals surface area contributed by atoms with Crippen LogP contribution in [0.2, 0.25) is 0 Å². The molecule has 1 aromatic heterocycles. The van der Waals surface area contributed by atoms with Crippen LogP contribution in [0.5, 0.6) is 0 Å². The maximum atomic E-state index is 12.6. The highest BCUT2D eigenvalue weighted by atomic mass is 32.2. The lowest BCUT2D eigenvalue weighted by Crippen LogP contribution is -2.17. The highest BCUT2D eigenvalue weighted by Crippen LogP contribution is 2.29. The van der Waals surface area contributed by atoms with Gasteiger partial charge in [-0.15, -0.1) is 11.8 Å². The maximum Gasteiger partial charge on any atom is 0.234 e. The first-order chi connectivity index (χ1) is 14.8. The molecule has 0 saturated heterocycles. The molecule has 4 N–H and O–H groups in total. The number of nitrogens with two attached hydrogens (primary N) is 1. The molecule has 0 radical (unpaired) electrons. The number of benzene rings is 2. The van der Waals surface area contributed by atoms with Crippen LogP contribution < -0.4 is 16.4 Å². The number of para-hydroxylation sites is 2. The number of nitrogens with zero attached hydrogens (tertiary/aromatic N) is 3. The van der Waals surface area contributed by atoms with E-state index >= 15 is 0 Å². The Labute approximate surface area is 187 Å². The van der Waals surface area contributed by atoms with E-state index in [1.54, 1.807) is 0 Å². The standard InChI is InChI=1S/C23H28N6OS/c1-14(2)18-12-8-9-15(3)20(18)26-19(30)13-31-16(4)21-27-22(24)29-23(28-21)25-17-10-6-5-7-11-17/h5-12,14,16H,13H2,1-4H3,(H,26,30)(H3,24,25,27,28,29). The predicted octanol–water partition coefficient (Wildman–Crippen LogP) is 5.06. The molecule has 3 aromatic rings. The summed E-state index contributed by atoms with van der Waals surface area (Å²) in [6.45, 7) is 8.19. The lowest BCUT2D eigenvalue weighted by Gasteiger charge is -2.17. The second-order valence-corrected chi connectivity index (χ2v) is 8.89. The Kier molecular flexibility index (Phi) is 7.46. The first-order valence-corrected chi connectivity index (χ1v) is 11.2. The topological polar surface area (TPSA) is 106 Å². The van der Waals surface area contributed by atoms with Gasteiger partial charge in [0, 0.05) is 11.4 Å². The van der Waals surface area contributed by atoms with Crippen molar-refractivity contribution in [1.29, 1.82) is 0 Å². The number of thioether (sulfide) groups is 1. The van der Waals surface area contributed by atoms with Crippen LogP contribution in [-0.4, -0.2) is 26.6 Å². The van der Waals surface area contributed by atoms with Crippen LogP contribution in [-0.2, 0) is 4.79 Å². The van der Waals surface area contributed by atoms with Crippen LogP contribution in [0, 0.1) is 6.92 Å². The van der Waals surface area contributed by atoms with Crippen LogP contribution in [0.15, 0.2) is 48.5 Å². The van der Waals surface area contributed by atoms with E-state index in [1.165, 1.54) is 11.8 Å². The number of nitrogen functional groups attached to an aromatic ring is 1. The molecule has 0 aliphatic rings. The zero-order valence-corrected chi connectivity index (χ0v) is 19.0. The number of hydrogen-bond donors (Lipinski definition) is 3. The van der Waals surface area contributed by atoms with Crippen molar-refractivity contribution in [2.45, 2.75) is 38.9 Å². The van der Waals surface area contributed by atoms with Gasteiger partial charge in [-0.25, -0.2) is 0 Å². The zero-order valence-electron chi connectivity index (χ0n) is 18.2. The summed E-state index contributed by atoms with van der Waals surface area (Å²) in [6.07, 6.45) is 0. The third-order valence-corrected chi connectivity index (χ3v) is 5.86. The van der Waals surface area contributed by atoms with Crippen molar-refractivity contribution in [3.8, 4) is 0 Å². The second-order valence-electron chi connectivity index (χ2n) is 7.56. The molecule has 0 aliphatic carbocycles. The van der Waals surface area contributed by atoms with Crippen LogP contribution >= 0.6 is 11.8 Å². The largest absolute Gasteiger partial charge is 0.368 e. The van der Waals surface area contributed by atoms with Gasteiger partial charge < -0.3 is 16.4 Å². The first kappa shape index (κ1) is 22.6. The summed E-state index contributed by atoms with van der Waals surface area (Å²) >= 11 is 1.45. The lowest BCUT2D eigenvalue weighted by molar-refractivity contribution is -0.113. The van der Waals surface area contributed by atoms with Gasteiger partial charge in [0.15, 0.2) is 0 Å². The molecule has 0 aliphatic heterocycles. The van der Waals surface area contributed by atoms with Gasteiger partial charge in [-0.2, -0.15) is 15.0 Å². The minimum absolute atomic E-state index is 0.0577. The molecule has 0 fully saturated rings. The highest BCUT2D eigenvalue weighted by Gasteiger charge is 2.17. The third kappa shape index (κ3) is 6.18. The number of carbonyl (C=O) groups is 1. The maximum absolute atomic E-state index is 12.6. The first-order valence-electron chi connectivity index (χ1n) is 10.2. The van der Waals surface area contributed by atoms with Gasteiger partial charge in [-0.3, -0.25) is 4.79 Å². The van der Waals surface area contributed by atoms with Gasteiger partial charge in [0.2, 0.25) is 17.8 Å². The summed E-state index contributed by atoms with van der Waals surface area (Å²) < 4.78 is 0. The molecule has 162 valence electrons. The number of rotatable bonds is 8. The van der Waals surface area contributed by atoms with Gasteiger partial charge in [0.1, 0.15) is 5.82 Å². The van der Waals surface area contributed by atoms with Crippen LogP contribution in [0.3, 0.4) is 0 Å². The van der Waals surface area contributed by atoms with Gasteiger partial charge in [0.25, 0.3) is 0 Å². The summed E-state index contributed by atoms with van der Waals surface area (Å²) in [7, 11) is 0. The smallest absolute Gasteiger partial charge is 0.234 e.